The highest BCUT2D eigenvalue weighted by atomic mass is 19.1. The van der Waals surface area contributed by atoms with Crippen LogP contribution in [0.25, 0.3) is 0 Å². The van der Waals surface area contributed by atoms with Crippen LogP contribution >= 0.6 is 0 Å². The fourth-order valence-corrected chi connectivity index (χ4v) is 3.21. The molecule has 26 heavy (non-hydrogen) atoms. The standard InChI is InChI=1S/C18H21FN4O3/c19-12-7-5-11(6-8-12)10-23-17(25)13(16(24)22-18(23)26)9-21-15-4-2-1-3-14(15)20/h5-9,13-15H,1-4,10,20H2,(H,22,24,26)/t13-,14-,15+/m1/s1. The van der Waals surface area contributed by atoms with Crippen molar-refractivity contribution in [3.05, 3.63) is 35.6 Å². The zero-order valence-electron chi connectivity index (χ0n) is 14.2. The Kier molecular flexibility index (Phi) is 5.41. The van der Waals surface area contributed by atoms with Crippen LogP contribution in [0, 0.1) is 11.7 Å². The van der Waals surface area contributed by atoms with Crippen LogP contribution in [0.15, 0.2) is 29.3 Å². The van der Waals surface area contributed by atoms with Gasteiger partial charge in [-0.1, -0.05) is 25.0 Å². The van der Waals surface area contributed by atoms with Gasteiger partial charge in [0.05, 0.1) is 12.6 Å². The van der Waals surface area contributed by atoms with Crippen molar-refractivity contribution in [2.75, 3.05) is 0 Å². The number of hydrogen-bond donors (Lipinski definition) is 2. The van der Waals surface area contributed by atoms with Gasteiger partial charge < -0.3 is 5.73 Å². The molecule has 2 fully saturated rings. The third-order valence-corrected chi connectivity index (χ3v) is 4.75. The van der Waals surface area contributed by atoms with Crippen LogP contribution in [-0.4, -0.2) is 41.0 Å². The molecule has 4 amide bonds. The minimum Gasteiger partial charge on any atom is -0.326 e. The smallest absolute Gasteiger partial charge is 0.326 e. The number of carbonyl (C=O) groups excluding carboxylic acids is 3. The highest BCUT2D eigenvalue weighted by molar-refractivity contribution is 6.23. The van der Waals surface area contributed by atoms with E-state index in [4.69, 9.17) is 5.73 Å². The maximum absolute atomic E-state index is 13.0. The number of nitrogens with two attached hydrogens (primary N) is 1. The van der Waals surface area contributed by atoms with E-state index in [2.05, 4.69) is 10.3 Å². The van der Waals surface area contributed by atoms with E-state index in [1.807, 2.05) is 0 Å². The van der Waals surface area contributed by atoms with E-state index in [1.54, 1.807) is 0 Å². The average Bonchev–Trinajstić information content (AvgIpc) is 2.61. The first-order valence-corrected chi connectivity index (χ1v) is 8.65. The number of nitrogens with zero attached hydrogens (tertiary/aromatic N) is 2. The first-order chi connectivity index (χ1) is 12.5. The molecule has 0 unspecified atom stereocenters. The van der Waals surface area contributed by atoms with Crippen LogP contribution in [-0.2, 0) is 16.1 Å². The fourth-order valence-electron chi connectivity index (χ4n) is 3.21. The molecule has 1 saturated heterocycles. The minimum absolute atomic E-state index is 0.0501. The molecule has 2 aliphatic rings. The summed E-state index contributed by atoms with van der Waals surface area (Å²) >= 11 is 0. The molecule has 1 aliphatic heterocycles. The molecule has 1 aliphatic carbocycles. The molecule has 0 spiro atoms. The number of amides is 4. The van der Waals surface area contributed by atoms with Crippen molar-refractivity contribution in [1.82, 2.24) is 10.2 Å². The average molecular weight is 360 g/mol. The number of halogens is 1. The highest BCUT2D eigenvalue weighted by Crippen LogP contribution is 2.20. The van der Waals surface area contributed by atoms with Crippen molar-refractivity contribution in [3.8, 4) is 0 Å². The number of urea groups is 1. The maximum atomic E-state index is 13.0. The summed E-state index contributed by atoms with van der Waals surface area (Å²) in [4.78, 5) is 42.0. The Morgan fingerprint density at radius 2 is 1.88 bits per heavy atom. The zero-order chi connectivity index (χ0) is 18.7. The van der Waals surface area contributed by atoms with E-state index in [0.29, 0.717) is 5.56 Å². The number of nitrogens with one attached hydrogen (secondary N) is 1. The van der Waals surface area contributed by atoms with Crippen LogP contribution in [0.1, 0.15) is 31.2 Å². The molecule has 0 radical (unpaired) electrons. The number of benzene rings is 1. The second kappa shape index (κ2) is 7.74. The number of rotatable bonds is 4. The van der Waals surface area contributed by atoms with Crippen molar-refractivity contribution < 1.29 is 18.8 Å². The van der Waals surface area contributed by atoms with E-state index in [-0.39, 0.29) is 18.6 Å². The van der Waals surface area contributed by atoms with E-state index in [0.717, 1.165) is 30.6 Å². The van der Waals surface area contributed by atoms with Gasteiger partial charge in [0.25, 0.3) is 0 Å². The van der Waals surface area contributed by atoms with Gasteiger partial charge in [0.2, 0.25) is 11.8 Å². The van der Waals surface area contributed by atoms with Crippen molar-refractivity contribution in [1.29, 1.82) is 0 Å². The van der Waals surface area contributed by atoms with Gasteiger partial charge in [-0.05, 0) is 30.5 Å². The molecule has 1 aromatic carbocycles. The van der Waals surface area contributed by atoms with Gasteiger partial charge in [-0.25, -0.2) is 9.18 Å². The summed E-state index contributed by atoms with van der Waals surface area (Å²) in [5.74, 6) is -2.91. The van der Waals surface area contributed by atoms with Gasteiger partial charge in [0.15, 0.2) is 5.92 Å². The molecular weight excluding hydrogens is 339 g/mol. The Morgan fingerprint density at radius 1 is 1.19 bits per heavy atom. The van der Waals surface area contributed by atoms with Crippen LogP contribution in [0.2, 0.25) is 0 Å². The third kappa shape index (κ3) is 3.96. The first kappa shape index (κ1) is 18.2. The topological polar surface area (TPSA) is 105 Å². The molecule has 0 bridgehead atoms. The predicted octanol–water partition coefficient (Wildman–Crippen LogP) is 1.36. The molecule has 3 atom stereocenters. The molecule has 8 heteroatoms. The number of hydrogen-bond acceptors (Lipinski definition) is 5. The molecule has 1 saturated carbocycles. The summed E-state index contributed by atoms with van der Waals surface area (Å²) in [6, 6.07) is 4.47. The quantitative estimate of drug-likeness (QED) is 0.625. The Hall–Kier alpha value is -2.61. The zero-order valence-corrected chi connectivity index (χ0v) is 14.2. The number of carbonyl (C=O) groups is 3. The van der Waals surface area contributed by atoms with E-state index in [9.17, 15) is 18.8 Å². The number of aliphatic imine (C=N–C) groups is 1. The Labute approximate surface area is 150 Å². The Morgan fingerprint density at radius 3 is 2.58 bits per heavy atom. The normalized spacial score (nSPS) is 27.1. The van der Waals surface area contributed by atoms with Gasteiger partial charge >= 0.3 is 6.03 Å². The lowest BCUT2D eigenvalue weighted by atomic mass is 9.91. The van der Waals surface area contributed by atoms with E-state index < -0.39 is 29.6 Å². The Balaban J connectivity index is 1.73. The molecule has 3 N–H and O–H groups in total. The van der Waals surface area contributed by atoms with Crippen LogP contribution < -0.4 is 11.1 Å². The molecule has 7 nitrogen and oxygen atoms in total. The lowest BCUT2D eigenvalue weighted by Crippen LogP contribution is -2.58. The van der Waals surface area contributed by atoms with Gasteiger partial charge in [-0.15, -0.1) is 0 Å². The van der Waals surface area contributed by atoms with Crippen molar-refractivity contribution >= 4 is 24.1 Å². The summed E-state index contributed by atoms with van der Waals surface area (Å²) in [5, 5.41) is 2.17. The molecule has 1 aromatic rings. The summed E-state index contributed by atoms with van der Waals surface area (Å²) in [6.45, 7) is -0.0501. The second-order valence-corrected chi connectivity index (χ2v) is 6.64. The van der Waals surface area contributed by atoms with Gasteiger partial charge in [0, 0.05) is 12.3 Å². The summed E-state index contributed by atoms with van der Waals surface area (Å²) in [7, 11) is 0. The van der Waals surface area contributed by atoms with Gasteiger partial charge in [-0.3, -0.25) is 24.8 Å². The van der Waals surface area contributed by atoms with Crippen LogP contribution in [0.4, 0.5) is 9.18 Å². The fraction of sp³-hybridized carbons (Fsp3) is 0.444. The van der Waals surface area contributed by atoms with Gasteiger partial charge in [0.1, 0.15) is 5.82 Å². The minimum atomic E-state index is -1.16. The van der Waals surface area contributed by atoms with E-state index in [1.165, 1.54) is 30.5 Å². The molecule has 138 valence electrons. The second-order valence-electron chi connectivity index (χ2n) is 6.64. The predicted molar refractivity (Wildman–Crippen MR) is 92.7 cm³/mol. The number of imide groups is 2. The highest BCUT2D eigenvalue weighted by Gasteiger charge is 2.39. The largest absolute Gasteiger partial charge is 0.331 e. The molecule has 3 rings (SSSR count). The number of barbiturate groups is 1. The Bertz CT molecular complexity index is 734. The lowest BCUT2D eigenvalue weighted by Gasteiger charge is -2.29. The van der Waals surface area contributed by atoms with Crippen molar-refractivity contribution in [3.63, 3.8) is 0 Å². The summed E-state index contributed by atoms with van der Waals surface area (Å²) in [5.41, 5.74) is 6.61. The van der Waals surface area contributed by atoms with Crippen molar-refractivity contribution in [2.24, 2.45) is 16.6 Å². The van der Waals surface area contributed by atoms with Crippen LogP contribution in [0.5, 0.6) is 0 Å². The maximum Gasteiger partial charge on any atom is 0.331 e. The SMILES string of the molecule is N[C@@H]1CCCC[C@@H]1N=C[C@@H]1C(=O)NC(=O)N(Cc2ccc(F)cc2)C1=O. The lowest BCUT2D eigenvalue weighted by molar-refractivity contribution is -0.139. The third-order valence-electron chi connectivity index (χ3n) is 4.75. The molecule has 0 aromatic heterocycles. The molecular formula is C18H21FN4O3. The first-order valence-electron chi connectivity index (χ1n) is 8.65. The van der Waals surface area contributed by atoms with Gasteiger partial charge in [-0.2, -0.15) is 0 Å². The monoisotopic (exact) mass is 360 g/mol. The van der Waals surface area contributed by atoms with Crippen LogP contribution in [0.3, 0.4) is 0 Å². The molecule has 1 heterocycles. The summed E-state index contributed by atoms with van der Waals surface area (Å²) in [6.07, 6.45) is 5.05. The van der Waals surface area contributed by atoms with Crippen molar-refractivity contribution in [2.45, 2.75) is 44.3 Å². The van der Waals surface area contributed by atoms with E-state index >= 15 is 0 Å². The summed E-state index contributed by atoms with van der Waals surface area (Å²) < 4.78 is 13.0.